The van der Waals surface area contributed by atoms with Gasteiger partial charge in [-0.2, -0.15) is 0 Å². The lowest BCUT2D eigenvalue weighted by molar-refractivity contribution is 0.620. The van der Waals surface area contributed by atoms with Crippen molar-refractivity contribution in [3.8, 4) is 11.5 Å². The number of hydrogen-bond acceptors (Lipinski definition) is 3. The zero-order valence-corrected chi connectivity index (χ0v) is 12.4. The summed E-state index contributed by atoms with van der Waals surface area (Å²) >= 11 is 0. The third-order valence-corrected chi connectivity index (χ3v) is 3.57. The first-order valence-corrected chi connectivity index (χ1v) is 7.44. The van der Waals surface area contributed by atoms with Gasteiger partial charge in [0.2, 0.25) is 5.89 Å². The fourth-order valence-corrected chi connectivity index (χ4v) is 2.37. The summed E-state index contributed by atoms with van der Waals surface area (Å²) in [6.45, 7) is 0. The molecule has 0 fully saturated rings. The molecule has 0 radical (unpaired) electrons. The Labute approximate surface area is 134 Å². The van der Waals surface area contributed by atoms with Crippen LogP contribution < -0.4 is 0 Å². The van der Waals surface area contributed by atoms with Gasteiger partial charge in [0.05, 0.1) is 5.69 Å². The lowest BCUT2D eigenvalue weighted by Gasteiger charge is -1.97. The second-order valence-corrected chi connectivity index (χ2v) is 5.20. The molecule has 4 rings (SSSR count). The van der Waals surface area contributed by atoms with E-state index < -0.39 is 0 Å². The normalized spacial score (nSPS) is 11.3. The molecule has 0 spiro atoms. The number of oxazole rings is 1. The third-order valence-electron chi connectivity index (χ3n) is 3.57. The van der Waals surface area contributed by atoms with Gasteiger partial charge in [0.15, 0.2) is 5.58 Å². The highest BCUT2D eigenvalue weighted by Crippen LogP contribution is 2.25. The van der Waals surface area contributed by atoms with Crippen LogP contribution in [0.4, 0.5) is 5.69 Å². The molecule has 0 saturated heterocycles. The average Bonchev–Trinajstić information content (AvgIpc) is 3.05. The maximum Gasteiger partial charge on any atom is 0.227 e. The van der Waals surface area contributed by atoms with Gasteiger partial charge in [-0.3, -0.25) is 4.99 Å². The number of benzene rings is 3. The van der Waals surface area contributed by atoms with Gasteiger partial charge in [-0.25, -0.2) is 4.98 Å². The first-order valence-electron chi connectivity index (χ1n) is 7.44. The number of aromatic nitrogens is 1. The van der Waals surface area contributed by atoms with Gasteiger partial charge in [-0.05, 0) is 42.0 Å². The number of fused-ring (bicyclic) bond motifs is 1. The standard InChI is InChI=1S/C20H14N2O/c1-2-6-15(7-3-1)14-21-17-12-10-16(11-13-17)20-22-18-8-4-5-9-19(18)23-20/h1-14H. The highest BCUT2D eigenvalue weighted by atomic mass is 16.3. The Morgan fingerprint density at radius 3 is 2.30 bits per heavy atom. The van der Waals surface area contributed by atoms with E-state index in [1.807, 2.05) is 85.1 Å². The smallest absolute Gasteiger partial charge is 0.227 e. The van der Waals surface area contributed by atoms with E-state index in [0.29, 0.717) is 5.89 Å². The van der Waals surface area contributed by atoms with Gasteiger partial charge in [-0.1, -0.05) is 42.5 Å². The van der Waals surface area contributed by atoms with Crippen LogP contribution in [0.3, 0.4) is 0 Å². The predicted octanol–water partition coefficient (Wildman–Crippen LogP) is 5.25. The first-order chi connectivity index (χ1) is 11.4. The molecule has 0 aliphatic heterocycles. The second-order valence-electron chi connectivity index (χ2n) is 5.20. The van der Waals surface area contributed by atoms with Gasteiger partial charge in [-0.15, -0.1) is 0 Å². The fourth-order valence-electron chi connectivity index (χ4n) is 2.37. The molecule has 110 valence electrons. The number of nitrogens with zero attached hydrogens (tertiary/aromatic N) is 2. The van der Waals surface area contributed by atoms with E-state index in [4.69, 9.17) is 4.42 Å². The molecule has 0 atom stereocenters. The summed E-state index contributed by atoms with van der Waals surface area (Å²) in [7, 11) is 0. The van der Waals surface area contributed by atoms with Crippen molar-refractivity contribution in [2.24, 2.45) is 4.99 Å². The van der Waals surface area contributed by atoms with Crippen molar-refractivity contribution in [1.29, 1.82) is 0 Å². The molecule has 23 heavy (non-hydrogen) atoms. The van der Waals surface area contributed by atoms with Gasteiger partial charge in [0, 0.05) is 11.8 Å². The van der Waals surface area contributed by atoms with Crippen molar-refractivity contribution >= 4 is 23.0 Å². The Morgan fingerprint density at radius 2 is 1.52 bits per heavy atom. The zero-order valence-electron chi connectivity index (χ0n) is 12.4. The molecule has 3 aromatic carbocycles. The molecule has 0 unspecified atom stereocenters. The highest BCUT2D eigenvalue weighted by Gasteiger charge is 2.07. The molecule has 0 amide bonds. The molecule has 4 aromatic rings. The predicted molar refractivity (Wildman–Crippen MR) is 93.1 cm³/mol. The van der Waals surface area contributed by atoms with Crippen molar-refractivity contribution < 1.29 is 4.42 Å². The van der Waals surface area contributed by atoms with Crippen LogP contribution in [0.25, 0.3) is 22.6 Å². The number of rotatable bonds is 3. The first kappa shape index (κ1) is 13.5. The molecular weight excluding hydrogens is 284 g/mol. The van der Waals surface area contributed by atoms with Crippen LogP contribution in [0.15, 0.2) is 88.3 Å². The molecule has 0 aliphatic rings. The van der Waals surface area contributed by atoms with Gasteiger partial charge in [0.1, 0.15) is 5.52 Å². The van der Waals surface area contributed by atoms with E-state index in [0.717, 1.165) is 27.9 Å². The summed E-state index contributed by atoms with van der Waals surface area (Å²) in [5.41, 5.74) is 4.59. The molecule has 1 heterocycles. The van der Waals surface area contributed by atoms with Crippen molar-refractivity contribution in [2.45, 2.75) is 0 Å². The van der Waals surface area contributed by atoms with Gasteiger partial charge < -0.3 is 4.42 Å². The van der Waals surface area contributed by atoms with Crippen LogP contribution >= 0.6 is 0 Å². The molecule has 1 aromatic heterocycles. The lowest BCUT2D eigenvalue weighted by Crippen LogP contribution is -1.79. The second kappa shape index (κ2) is 5.89. The quantitative estimate of drug-likeness (QED) is 0.485. The van der Waals surface area contributed by atoms with E-state index in [1.165, 1.54) is 0 Å². The summed E-state index contributed by atoms with van der Waals surface area (Å²) in [5.74, 6) is 0.629. The van der Waals surface area contributed by atoms with E-state index in [-0.39, 0.29) is 0 Å². The van der Waals surface area contributed by atoms with Crippen LogP contribution in [-0.4, -0.2) is 11.2 Å². The van der Waals surface area contributed by atoms with E-state index in [9.17, 15) is 0 Å². The van der Waals surface area contributed by atoms with Crippen LogP contribution in [0.5, 0.6) is 0 Å². The number of hydrogen-bond donors (Lipinski definition) is 0. The Hall–Kier alpha value is -3.20. The van der Waals surface area contributed by atoms with Gasteiger partial charge >= 0.3 is 0 Å². The van der Waals surface area contributed by atoms with E-state index in [1.54, 1.807) is 0 Å². The van der Waals surface area contributed by atoms with E-state index in [2.05, 4.69) is 9.98 Å². The van der Waals surface area contributed by atoms with Gasteiger partial charge in [0.25, 0.3) is 0 Å². The fraction of sp³-hybridized carbons (Fsp3) is 0. The maximum atomic E-state index is 5.77. The van der Waals surface area contributed by atoms with Crippen LogP contribution in [-0.2, 0) is 0 Å². The van der Waals surface area contributed by atoms with E-state index >= 15 is 0 Å². The minimum absolute atomic E-state index is 0.629. The monoisotopic (exact) mass is 298 g/mol. The number of para-hydroxylation sites is 2. The Kier molecular flexibility index (Phi) is 3.45. The van der Waals surface area contributed by atoms with Crippen molar-refractivity contribution in [3.05, 3.63) is 84.4 Å². The SMILES string of the molecule is C(=Nc1ccc(-c2nc3ccccc3o2)cc1)c1ccccc1. The highest BCUT2D eigenvalue weighted by molar-refractivity contribution is 5.82. The molecule has 0 N–H and O–H groups in total. The maximum absolute atomic E-state index is 5.77. The van der Waals surface area contributed by atoms with Crippen LogP contribution in [0.1, 0.15) is 5.56 Å². The average molecular weight is 298 g/mol. The molecule has 0 bridgehead atoms. The summed E-state index contributed by atoms with van der Waals surface area (Å²) in [5, 5.41) is 0. The molecule has 0 aliphatic carbocycles. The Balaban J connectivity index is 1.59. The number of aliphatic imine (C=N–C) groups is 1. The summed E-state index contributed by atoms with van der Waals surface area (Å²) < 4.78 is 5.77. The minimum atomic E-state index is 0.629. The molecule has 3 heteroatoms. The molecule has 3 nitrogen and oxygen atoms in total. The lowest BCUT2D eigenvalue weighted by atomic mass is 10.2. The summed E-state index contributed by atoms with van der Waals surface area (Å²) in [4.78, 5) is 8.98. The minimum Gasteiger partial charge on any atom is -0.436 e. The third kappa shape index (κ3) is 2.90. The Morgan fingerprint density at radius 1 is 0.783 bits per heavy atom. The Bertz CT molecular complexity index is 921. The van der Waals surface area contributed by atoms with Crippen molar-refractivity contribution in [1.82, 2.24) is 4.98 Å². The van der Waals surface area contributed by atoms with Crippen molar-refractivity contribution in [3.63, 3.8) is 0 Å². The summed E-state index contributed by atoms with van der Waals surface area (Å²) in [6, 6.07) is 25.7. The molecular formula is C20H14N2O. The summed E-state index contributed by atoms with van der Waals surface area (Å²) in [6.07, 6.45) is 1.86. The largest absolute Gasteiger partial charge is 0.436 e. The molecule has 0 saturated carbocycles. The van der Waals surface area contributed by atoms with Crippen LogP contribution in [0.2, 0.25) is 0 Å². The topological polar surface area (TPSA) is 38.4 Å². The van der Waals surface area contributed by atoms with Crippen LogP contribution in [0, 0.1) is 0 Å². The van der Waals surface area contributed by atoms with Crippen molar-refractivity contribution in [2.75, 3.05) is 0 Å². The zero-order chi connectivity index (χ0) is 15.5.